The van der Waals surface area contributed by atoms with E-state index in [1.807, 2.05) is 0 Å². The summed E-state index contributed by atoms with van der Waals surface area (Å²) in [4.78, 5) is 0. The quantitative estimate of drug-likeness (QED) is 0.610. The molecule has 0 saturated heterocycles. The van der Waals surface area contributed by atoms with Gasteiger partial charge in [-0.15, -0.1) is 0 Å². The zero-order valence-electron chi connectivity index (χ0n) is 8.89. The first-order valence-electron chi connectivity index (χ1n) is 6.31. The molecule has 1 unspecified atom stereocenters. The van der Waals surface area contributed by atoms with Crippen molar-refractivity contribution in [1.82, 2.24) is 0 Å². The second-order valence-corrected chi connectivity index (χ2v) is 6.06. The average molecular weight is 178 g/mol. The lowest BCUT2D eigenvalue weighted by atomic mass is 9.67. The van der Waals surface area contributed by atoms with Crippen molar-refractivity contribution in [3.8, 4) is 0 Å². The summed E-state index contributed by atoms with van der Waals surface area (Å²) in [5.41, 5.74) is 0.874. The first kappa shape index (κ1) is 8.32. The van der Waals surface area contributed by atoms with Gasteiger partial charge in [0.1, 0.15) is 0 Å². The van der Waals surface area contributed by atoms with E-state index in [0.29, 0.717) is 0 Å². The fourth-order valence-electron chi connectivity index (χ4n) is 4.17. The summed E-state index contributed by atoms with van der Waals surface area (Å²) in [6, 6.07) is 0. The van der Waals surface area contributed by atoms with Crippen LogP contribution in [-0.4, -0.2) is 0 Å². The molecule has 13 heavy (non-hydrogen) atoms. The summed E-state index contributed by atoms with van der Waals surface area (Å²) in [6.07, 6.45) is 12.5. The van der Waals surface area contributed by atoms with Gasteiger partial charge in [0.05, 0.1) is 0 Å². The van der Waals surface area contributed by atoms with Crippen molar-refractivity contribution in [3.63, 3.8) is 0 Å². The molecular weight excluding hydrogens is 156 g/mol. The Morgan fingerprint density at radius 3 is 2.54 bits per heavy atom. The predicted molar refractivity (Wildman–Crippen MR) is 55.5 cm³/mol. The average Bonchev–Trinajstić information content (AvgIpc) is 2.68. The highest BCUT2D eigenvalue weighted by Gasteiger charge is 2.55. The molecule has 0 radical (unpaired) electrons. The van der Waals surface area contributed by atoms with Crippen LogP contribution in [0.15, 0.2) is 0 Å². The molecule has 4 aliphatic carbocycles. The molecule has 4 fully saturated rings. The Bertz CT molecular complexity index is 196. The molecule has 2 bridgehead atoms. The molecule has 4 aliphatic rings. The van der Waals surface area contributed by atoms with Crippen LogP contribution in [0.5, 0.6) is 0 Å². The monoisotopic (exact) mass is 178 g/mol. The Labute approximate surface area is 82.1 Å². The molecular formula is C13H22. The molecule has 1 atom stereocenters. The van der Waals surface area contributed by atoms with E-state index < -0.39 is 0 Å². The second kappa shape index (κ2) is 2.74. The van der Waals surface area contributed by atoms with Gasteiger partial charge in [0.2, 0.25) is 0 Å². The summed E-state index contributed by atoms with van der Waals surface area (Å²) in [5.74, 6) is 3.51. The Morgan fingerprint density at radius 2 is 1.92 bits per heavy atom. The van der Waals surface area contributed by atoms with Crippen molar-refractivity contribution in [2.75, 3.05) is 0 Å². The highest BCUT2D eigenvalue weighted by atomic mass is 14.6. The van der Waals surface area contributed by atoms with Gasteiger partial charge in [-0.1, -0.05) is 26.2 Å². The lowest BCUT2D eigenvalue weighted by Gasteiger charge is -2.38. The highest BCUT2D eigenvalue weighted by molar-refractivity contribution is 5.05. The first-order valence-corrected chi connectivity index (χ1v) is 6.31. The molecule has 0 aromatic carbocycles. The van der Waals surface area contributed by atoms with Crippen molar-refractivity contribution in [2.24, 2.45) is 23.2 Å². The minimum Gasteiger partial charge on any atom is -0.0654 e. The van der Waals surface area contributed by atoms with Gasteiger partial charge in [0, 0.05) is 0 Å². The number of hydrogen-bond donors (Lipinski definition) is 0. The number of hydrogen-bond acceptors (Lipinski definition) is 0. The zero-order valence-corrected chi connectivity index (χ0v) is 8.89. The van der Waals surface area contributed by atoms with E-state index in [4.69, 9.17) is 0 Å². The Hall–Kier alpha value is 0. The number of rotatable bonds is 4. The summed E-state index contributed by atoms with van der Waals surface area (Å²) >= 11 is 0. The lowest BCUT2D eigenvalue weighted by molar-refractivity contribution is 0.124. The maximum atomic E-state index is 2.36. The third-order valence-corrected chi connectivity index (χ3v) is 4.87. The summed E-state index contributed by atoms with van der Waals surface area (Å²) in [7, 11) is 0. The fourth-order valence-corrected chi connectivity index (χ4v) is 4.17. The van der Waals surface area contributed by atoms with Crippen LogP contribution < -0.4 is 0 Å². The van der Waals surface area contributed by atoms with Gasteiger partial charge in [0.25, 0.3) is 0 Å². The molecule has 0 heterocycles. The molecule has 0 amide bonds. The van der Waals surface area contributed by atoms with Gasteiger partial charge in [-0.05, 0) is 55.3 Å². The molecule has 4 saturated carbocycles. The molecule has 74 valence electrons. The largest absolute Gasteiger partial charge is 0.0654 e. The molecule has 0 N–H and O–H groups in total. The summed E-state index contributed by atoms with van der Waals surface area (Å²) < 4.78 is 0. The van der Waals surface area contributed by atoms with Gasteiger partial charge in [-0.3, -0.25) is 0 Å². The second-order valence-electron chi connectivity index (χ2n) is 6.06. The molecule has 4 rings (SSSR count). The summed E-state index contributed by atoms with van der Waals surface area (Å²) in [6.45, 7) is 2.36. The third-order valence-electron chi connectivity index (χ3n) is 4.87. The van der Waals surface area contributed by atoms with Crippen LogP contribution in [0.3, 0.4) is 0 Å². The topological polar surface area (TPSA) is 0 Å². The maximum Gasteiger partial charge on any atom is -0.0289 e. The van der Waals surface area contributed by atoms with Crippen molar-refractivity contribution in [1.29, 1.82) is 0 Å². The minimum atomic E-state index is 0.874. The zero-order chi connectivity index (χ0) is 8.89. The summed E-state index contributed by atoms with van der Waals surface area (Å²) in [5, 5.41) is 0. The molecule has 0 aromatic rings. The number of fused-ring (bicyclic) bond motifs is 1. The van der Waals surface area contributed by atoms with Crippen LogP contribution in [0.2, 0.25) is 0 Å². The minimum absolute atomic E-state index is 0.874. The van der Waals surface area contributed by atoms with E-state index in [1.54, 1.807) is 38.5 Å². The van der Waals surface area contributed by atoms with Crippen molar-refractivity contribution < 1.29 is 0 Å². The molecule has 0 aliphatic heterocycles. The van der Waals surface area contributed by atoms with E-state index >= 15 is 0 Å². The first-order chi connectivity index (χ1) is 6.31. The predicted octanol–water partition coefficient (Wildman–Crippen LogP) is 4.00. The van der Waals surface area contributed by atoms with Crippen LogP contribution in [0.1, 0.15) is 58.3 Å². The van der Waals surface area contributed by atoms with Crippen LogP contribution >= 0.6 is 0 Å². The SMILES string of the molecule is CCCC12CC(CC3CC3)C(C1)C2. The Morgan fingerprint density at radius 1 is 1.15 bits per heavy atom. The third kappa shape index (κ3) is 1.33. The fraction of sp³-hybridized carbons (Fsp3) is 1.00. The van der Waals surface area contributed by atoms with E-state index in [0.717, 1.165) is 5.41 Å². The van der Waals surface area contributed by atoms with E-state index in [9.17, 15) is 0 Å². The van der Waals surface area contributed by atoms with Crippen LogP contribution in [-0.2, 0) is 0 Å². The van der Waals surface area contributed by atoms with Crippen molar-refractivity contribution in [2.45, 2.75) is 58.3 Å². The van der Waals surface area contributed by atoms with Crippen LogP contribution in [0.25, 0.3) is 0 Å². The van der Waals surface area contributed by atoms with Crippen LogP contribution in [0.4, 0.5) is 0 Å². The molecule has 0 spiro atoms. The Balaban J connectivity index is 1.57. The van der Waals surface area contributed by atoms with Crippen molar-refractivity contribution in [3.05, 3.63) is 0 Å². The van der Waals surface area contributed by atoms with Gasteiger partial charge >= 0.3 is 0 Å². The molecule has 0 nitrogen and oxygen atoms in total. The standard InChI is InChI=1S/C13H22/c1-2-5-13-7-11(6-10-3-4-10)12(8-13)9-13/h10-12H,2-9H2,1H3. The lowest BCUT2D eigenvalue weighted by Crippen LogP contribution is -2.27. The highest BCUT2D eigenvalue weighted by Crippen LogP contribution is 2.65. The van der Waals surface area contributed by atoms with E-state index in [2.05, 4.69) is 6.92 Å². The van der Waals surface area contributed by atoms with Crippen LogP contribution in [0, 0.1) is 23.2 Å². The Kier molecular flexibility index (Phi) is 1.76. The normalized spacial score (nSPS) is 47.8. The van der Waals surface area contributed by atoms with Gasteiger partial charge in [-0.2, -0.15) is 0 Å². The van der Waals surface area contributed by atoms with Gasteiger partial charge in [0.15, 0.2) is 0 Å². The van der Waals surface area contributed by atoms with Gasteiger partial charge in [-0.25, -0.2) is 0 Å². The maximum absolute atomic E-state index is 2.36. The van der Waals surface area contributed by atoms with E-state index in [-0.39, 0.29) is 0 Å². The smallest absolute Gasteiger partial charge is 0.0289 e. The molecule has 0 heteroatoms. The molecule has 0 aromatic heterocycles. The van der Waals surface area contributed by atoms with E-state index in [1.165, 1.54) is 30.6 Å². The van der Waals surface area contributed by atoms with Gasteiger partial charge < -0.3 is 0 Å². The van der Waals surface area contributed by atoms with Crippen molar-refractivity contribution >= 4 is 0 Å².